The molecule has 2 aliphatic heterocycles. The third kappa shape index (κ3) is 6.02. The minimum atomic E-state index is -4.44. The molecule has 2 atom stereocenters. The number of anilines is 2. The molecular weight excluding hydrogens is 451 g/mol. The maximum Gasteiger partial charge on any atom is 0.416 e. The number of carbonyl (C=O) groups is 1. The first kappa shape index (κ1) is 24.4. The van der Waals surface area contributed by atoms with Crippen molar-refractivity contribution in [1.29, 1.82) is 0 Å². The smallest absolute Gasteiger partial charge is 0.379 e. The number of aromatic nitrogens is 2. The monoisotopic (exact) mass is 479 g/mol. The molecule has 0 saturated carbocycles. The number of hydrogen-bond donors (Lipinski definition) is 2. The molecule has 0 radical (unpaired) electrons. The van der Waals surface area contributed by atoms with Gasteiger partial charge in [-0.15, -0.1) is 0 Å². The number of hydrogen-bond acceptors (Lipinski definition) is 7. The van der Waals surface area contributed by atoms with Gasteiger partial charge in [0.1, 0.15) is 17.8 Å². The van der Waals surface area contributed by atoms with E-state index in [0.717, 1.165) is 31.4 Å². The van der Waals surface area contributed by atoms with E-state index in [0.29, 0.717) is 26.3 Å². The van der Waals surface area contributed by atoms with Crippen LogP contribution in [0.25, 0.3) is 0 Å². The topological polar surface area (TPSA) is 88.6 Å². The SMILES string of the molecule is CO[C@@H]1COCC[C@@H]1NC1CCN(C(=O)c2cc(Nc3cccc(C(F)(F)F)c3)ncn2)CC1. The Balaban J connectivity index is 1.34. The Labute approximate surface area is 195 Å². The highest BCUT2D eigenvalue weighted by Gasteiger charge is 2.31. The van der Waals surface area contributed by atoms with Crippen LogP contribution in [0.2, 0.25) is 0 Å². The Hall–Kier alpha value is -2.76. The third-order valence-electron chi connectivity index (χ3n) is 6.19. The van der Waals surface area contributed by atoms with Gasteiger partial charge in [-0.3, -0.25) is 4.79 Å². The lowest BCUT2D eigenvalue weighted by Crippen LogP contribution is -2.54. The number of carbonyl (C=O) groups excluding carboxylic acids is 1. The summed E-state index contributed by atoms with van der Waals surface area (Å²) < 4.78 is 49.9. The maximum atomic E-state index is 13.0. The molecule has 2 aliphatic rings. The molecule has 8 nitrogen and oxygen atoms in total. The number of likely N-dealkylation sites (tertiary alicyclic amines) is 1. The summed E-state index contributed by atoms with van der Waals surface area (Å²) in [5.41, 5.74) is -0.349. The Morgan fingerprint density at radius 2 is 1.97 bits per heavy atom. The lowest BCUT2D eigenvalue weighted by Gasteiger charge is -2.38. The first-order chi connectivity index (χ1) is 16.3. The minimum absolute atomic E-state index is 0.0252. The van der Waals surface area contributed by atoms with Crippen LogP contribution in [0.5, 0.6) is 0 Å². The van der Waals surface area contributed by atoms with Crippen molar-refractivity contribution in [1.82, 2.24) is 20.2 Å². The Morgan fingerprint density at radius 3 is 2.71 bits per heavy atom. The molecule has 0 unspecified atom stereocenters. The number of nitrogens with zero attached hydrogens (tertiary/aromatic N) is 3. The van der Waals surface area contributed by atoms with Crippen molar-refractivity contribution < 1.29 is 27.4 Å². The molecular formula is C23H28F3N5O3. The fraction of sp³-hybridized carbons (Fsp3) is 0.522. The molecule has 0 bridgehead atoms. The molecule has 4 rings (SSSR count). The number of alkyl halides is 3. The van der Waals surface area contributed by atoms with E-state index in [2.05, 4.69) is 20.6 Å². The molecule has 34 heavy (non-hydrogen) atoms. The molecule has 2 N–H and O–H groups in total. The second-order valence-electron chi connectivity index (χ2n) is 8.47. The molecule has 0 aliphatic carbocycles. The van der Waals surface area contributed by atoms with E-state index >= 15 is 0 Å². The maximum absolute atomic E-state index is 13.0. The van der Waals surface area contributed by atoms with Crippen LogP contribution in [0.15, 0.2) is 36.7 Å². The molecule has 3 heterocycles. The van der Waals surface area contributed by atoms with Crippen LogP contribution in [-0.2, 0) is 15.7 Å². The van der Waals surface area contributed by atoms with Gasteiger partial charge in [0.25, 0.3) is 5.91 Å². The summed E-state index contributed by atoms with van der Waals surface area (Å²) in [7, 11) is 1.69. The van der Waals surface area contributed by atoms with Crippen LogP contribution in [0, 0.1) is 0 Å². The van der Waals surface area contributed by atoms with E-state index in [1.165, 1.54) is 24.5 Å². The Kier molecular flexibility index (Phi) is 7.64. The van der Waals surface area contributed by atoms with Gasteiger partial charge in [-0.05, 0) is 37.5 Å². The van der Waals surface area contributed by atoms with Crippen molar-refractivity contribution in [2.75, 3.05) is 38.7 Å². The molecule has 2 aromatic rings. The van der Waals surface area contributed by atoms with E-state index in [1.807, 2.05) is 0 Å². The van der Waals surface area contributed by atoms with Gasteiger partial charge < -0.3 is 25.0 Å². The van der Waals surface area contributed by atoms with E-state index in [1.54, 1.807) is 12.0 Å². The summed E-state index contributed by atoms with van der Waals surface area (Å²) in [6, 6.07) is 6.78. The zero-order valence-corrected chi connectivity index (χ0v) is 18.8. The van der Waals surface area contributed by atoms with E-state index in [9.17, 15) is 18.0 Å². The number of piperidine rings is 1. The van der Waals surface area contributed by atoms with Gasteiger partial charge in [0, 0.05) is 50.6 Å². The third-order valence-corrected chi connectivity index (χ3v) is 6.19. The van der Waals surface area contributed by atoms with Crippen molar-refractivity contribution in [3.05, 3.63) is 47.9 Å². The van der Waals surface area contributed by atoms with E-state index in [4.69, 9.17) is 9.47 Å². The average molecular weight is 480 g/mol. The molecule has 184 valence electrons. The second kappa shape index (κ2) is 10.7. The fourth-order valence-corrected chi connectivity index (χ4v) is 4.31. The summed E-state index contributed by atoms with van der Waals surface area (Å²) in [6.45, 7) is 2.45. The number of nitrogens with one attached hydrogen (secondary N) is 2. The lowest BCUT2D eigenvalue weighted by atomic mass is 9.99. The van der Waals surface area contributed by atoms with Crippen LogP contribution >= 0.6 is 0 Å². The van der Waals surface area contributed by atoms with Crippen molar-refractivity contribution in [3.8, 4) is 0 Å². The summed E-state index contributed by atoms with van der Waals surface area (Å²) in [4.78, 5) is 22.8. The number of rotatable bonds is 6. The zero-order valence-electron chi connectivity index (χ0n) is 18.8. The van der Waals surface area contributed by atoms with Crippen LogP contribution in [0.3, 0.4) is 0 Å². The average Bonchev–Trinajstić information content (AvgIpc) is 2.84. The normalized spacial score (nSPS) is 21.9. The van der Waals surface area contributed by atoms with E-state index < -0.39 is 11.7 Å². The lowest BCUT2D eigenvalue weighted by molar-refractivity contribution is -0.137. The van der Waals surface area contributed by atoms with Crippen LogP contribution < -0.4 is 10.6 Å². The minimum Gasteiger partial charge on any atom is -0.379 e. The second-order valence-corrected chi connectivity index (χ2v) is 8.47. The van der Waals surface area contributed by atoms with Crippen molar-refractivity contribution in [2.24, 2.45) is 0 Å². The number of benzene rings is 1. The van der Waals surface area contributed by atoms with Gasteiger partial charge in [0.05, 0.1) is 18.3 Å². The van der Waals surface area contributed by atoms with Crippen molar-refractivity contribution in [2.45, 2.75) is 43.6 Å². The van der Waals surface area contributed by atoms with Gasteiger partial charge in [-0.25, -0.2) is 9.97 Å². The van der Waals surface area contributed by atoms with Crippen LogP contribution in [0.1, 0.15) is 35.3 Å². The molecule has 1 aromatic heterocycles. The summed E-state index contributed by atoms with van der Waals surface area (Å²) >= 11 is 0. The first-order valence-corrected chi connectivity index (χ1v) is 11.3. The summed E-state index contributed by atoms with van der Waals surface area (Å²) in [5, 5.41) is 6.47. The van der Waals surface area contributed by atoms with Gasteiger partial charge in [0.15, 0.2) is 0 Å². The predicted octanol–water partition coefficient (Wildman–Crippen LogP) is 3.24. The summed E-state index contributed by atoms with van der Waals surface area (Å²) in [5.74, 6) is 0.0214. The highest BCUT2D eigenvalue weighted by atomic mass is 19.4. The van der Waals surface area contributed by atoms with Crippen LogP contribution in [-0.4, -0.2) is 72.4 Å². The molecule has 1 aromatic carbocycles. The van der Waals surface area contributed by atoms with Crippen LogP contribution in [0.4, 0.5) is 24.7 Å². The van der Waals surface area contributed by atoms with Gasteiger partial charge in [-0.1, -0.05) is 6.07 Å². The first-order valence-electron chi connectivity index (χ1n) is 11.3. The number of methoxy groups -OCH3 is 1. The highest BCUT2D eigenvalue weighted by Crippen LogP contribution is 2.31. The number of ether oxygens (including phenoxy) is 2. The number of halogens is 3. The predicted molar refractivity (Wildman–Crippen MR) is 119 cm³/mol. The van der Waals surface area contributed by atoms with Gasteiger partial charge in [-0.2, -0.15) is 13.2 Å². The number of amides is 1. The largest absolute Gasteiger partial charge is 0.416 e. The summed E-state index contributed by atoms with van der Waals surface area (Å²) in [6.07, 6.45) is -0.689. The molecule has 11 heteroatoms. The standard InChI is InChI=1S/C23H28F3N5O3/c1-33-20-13-34-10-7-18(20)29-16-5-8-31(9-6-16)22(32)19-12-21(28-14-27-19)30-17-4-2-3-15(11-17)23(24,25)26/h2-4,11-12,14,16,18,20,29H,5-10,13H2,1H3,(H,27,28,30)/t18-,20+/m0/s1. The molecule has 1 amide bonds. The van der Waals surface area contributed by atoms with E-state index in [-0.39, 0.29) is 41.3 Å². The zero-order chi connectivity index (χ0) is 24.1. The van der Waals surface area contributed by atoms with Gasteiger partial charge >= 0.3 is 6.18 Å². The molecule has 0 spiro atoms. The fourth-order valence-electron chi connectivity index (χ4n) is 4.31. The van der Waals surface area contributed by atoms with Crippen molar-refractivity contribution >= 4 is 17.4 Å². The van der Waals surface area contributed by atoms with Crippen molar-refractivity contribution in [3.63, 3.8) is 0 Å². The Bertz CT molecular complexity index is 982. The Morgan fingerprint density at radius 1 is 1.18 bits per heavy atom. The van der Waals surface area contributed by atoms with Gasteiger partial charge in [0.2, 0.25) is 0 Å². The highest BCUT2D eigenvalue weighted by molar-refractivity contribution is 5.93. The molecule has 2 saturated heterocycles. The quantitative estimate of drug-likeness (QED) is 0.658. The molecule has 2 fully saturated rings.